The van der Waals surface area contributed by atoms with Crippen molar-refractivity contribution >= 4 is 0 Å². The summed E-state index contributed by atoms with van der Waals surface area (Å²) in [5, 5.41) is 0. The average Bonchev–Trinajstić information content (AvgIpc) is 2.17. The lowest BCUT2D eigenvalue weighted by Gasteiger charge is -2.19. The zero-order valence-electron chi connectivity index (χ0n) is 9.03. The van der Waals surface area contributed by atoms with Crippen molar-refractivity contribution in [1.29, 1.82) is 0 Å². The molecule has 0 aliphatic rings. The molecule has 0 amide bonds. The minimum absolute atomic E-state index is 0.110. The van der Waals surface area contributed by atoms with Crippen LogP contribution in [0.1, 0.15) is 30.5 Å². The van der Waals surface area contributed by atoms with E-state index >= 15 is 0 Å². The van der Waals surface area contributed by atoms with Gasteiger partial charge in [0.2, 0.25) is 0 Å². The molecule has 0 aromatic heterocycles. The van der Waals surface area contributed by atoms with Gasteiger partial charge in [0.05, 0.1) is 0 Å². The first-order valence-electron chi connectivity index (χ1n) is 5.17. The molecule has 0 spiro atoms. The fourth-order valence-corrected chi connectivity index (χ4v) is 1.65. The zero-order chi connectivity index (χ0) is 10.6. The summed E-state index contributed by atoms with van der Waals surface area (Å²) in [4.78, 5) is 0. The molecule has 1 aromatic rings. The maximum absolute atomic E-state index is 6.14. The number of hydrogen-bond acceptors (Lipinski definition) is 2. The van der Waals surface area contributed by atoms with Crippen molar-refractivity contribution in [2.45, 2.75) is 26.3 Å². The van der Waals surface area contributed by atoms with E-state index in [2.05, 4.69) is 38.1 Å². The van der Waals surface area contributed by atoms with Crippen molar-refractivity contribution in [3.8, 4) is 0 Å². The van der Waals surface area contributed by atoms with Crippen LogP contribution in [-0.4, -0.2) is 6.54 Å². The Balaban J connectivity index is 2.73. The number of hydrogen-bond donors (Lipinski definition) is 2. The maximum atomic E-state index is 6.14. The van der Waals surface area contributed by atoms with Crippen LogP contribution in [0, 0.1) is 12.8 Å². The van der Waals surface area contributed by atoms with E-state index in [9.17, 15) is 0 Å². The summed E-state index contributed by atoms with van der Waals surface area (Å²) in [7, 11) is 0. The van der Waals surface area contributed by atoms with Gasteiger partial charge in [-0.2, -0.15) is 0 Å². The van der Waals surface area contributed by atoms with Crippen molar-refractivity contribution < 1.29 is 0 Å². The quantitative estimate of drug-likeness (QED) is 0.766. The first-order valence-corrected chi connectivity index (χ1v) is 5.17. The monoisotopic (exact) mass is 192 g/mol. The fraction of sp³-hybridized carbons (Fsp3) is 0.500. The molecule has 0 bridgehead atoms. The predicted octanol–water partition coefficient (Wildman–Crippen LogP) is 1.98. The third-order valence-corrected chi connectivity index (χ3v) is 2.66. The van der Waals surface area contributed by atoms with Crippen molar-refractivity contribution in [2.24, 2.45) is 17.4 Å². The highest BCUT2D eigenvalue weighted by molar-refractivity contribution is 5.25. The summed E-state index contributed by atoms with van der Waals surface area (Å²) >= 11 is 0. The Morgan fingerprint density at radius 1 is 1.36 bits per heavy atom. The molecule has 1 rings (SSSR count). The first-order chi connectivity index (χ1) is 6.65. The van der Waals surface area contributed by atoms with Crippen molar-refractivity contribution in [3.05, 3.63) is 35.4 Å². The van der Waals surface area contributed by atoms with E-state index in [-0.39, 0.29) is 6.04 Å². The SMILES string of the molecule is Cc1cccc(C(N)C(C)CCN)c1. The molecule has 0 saturated heterocycles. The van der Waals surface area contributed by atoms with E-state index < -0.39 is 0 Å². The molecule has 2 atom stereocenters. The van der Waals surface area contributed by atoms with Crippen molar-refractivity contribution in [1.82, 2.24) is 0 Å². The molecule has 0 saturated carbocycles. The zero-order valence-corrected chi connectivity index (χ0v) is 9.03. The van der Waals surface area contributed by atoms with Gasteiger partial charge in [-0.05, 0) is 31.4 Å². The molecule has 0 fully saturated rings. The van der Waals surface area contributed by atoms with Crippen LogP contribution >= 0.6 is 0 Å². The Kier molecular flexibility index (Phi) is 4.11. The van der Waals surface area contributed by atoms with Crippen LogP contribution in [0.2, 0.25) is 0 Å². The summed E-state index contributed by atoms with van der Waals surface area (Å²) in [6.07, 6.45) is 0.981. The number of rotatable bonds is 4. The van der Waals surface area contributed by atoms with Gasteiger partial charge < -0.3 is 11.5 Å². The van der Waals surface area contributed by atoms with Crippen LogP contribution in [0.15, 0.2) is 24.3 Å². The largest absolute Gasteiger partial charge is 0.330 e. The normalized spacial score (nSPS) is 15.1. The molecule has 78 valence electrons. The molecular weight excluding hydrogens is 172 g/mol. The van der Waals surface area contributed by atoms with Crippen LogP contribution in [-0.2, 0) is 0 Å². The minimum atomic E-state index is 0.110. The van der Waals surface area contributed by atoms with Gasteiger partial charge >= 0.3 is 0 Å². The maximum Gasteiger partial charge on any atom is 0.0321 e. The summed E-state index contributed by atoms with van der Waals surface area (Å²) < 4.78 is 0. The van der Waals surface area contributed by atoms with Gasteiger partial charge in [0, 0.05) is 6.04 Å². The topological polar surface area (TPSA) is 52.0 Å². The molecule has 0 aliphatic carbocycles. The molecular formula is C12H20N2. The number of nitrogens with two attached hydrogens (primary N) is 2. The first kappa shape index (κ1) is 11.2. The summed E-state index contributed by atoms with van der Waals surface area (Å²) in [5.74, 6) is 0.446. The molecule has 1 aromatic carbocycles. The van der Waals surface area contributed by atoms with Gasteiger partial charge in [0.25, 0.3) is 0 Å². The van der Waals surface area contributed by atoms with Crippen LogP contribution in [0.25, 0.3) is 0 Å². The molecule has 4 N–H and O–H groups in total. The number of aryl methyl sites for hydroxylation is 1. The number of benzene rings is 1. The van der Waals surface area contributed by atoms with Gasteiger partial charge in [-0.15, -0.1) is 0 Å². The van der Waals surface area contributed by atoms with Crippen LogP contribution in [0.5, 0.6) is 0 Å². The summed E-state index contributed by atoms with van der Waals surface area (Å²) in [6.45, 7) is 4.95. The standard InChI is InChI=1S/C12H20N2/c1-9-4-3-5-11(8-9)12(14)10(2)6-7-13/h3-5,8,10,12H,6-7,13-14H2,1-2H3. The smallest absolute Gasteiger partial charge is 0.0321 e. The molecule has 14 heavy (non-hydrogen) atoms. The third-order valence-electron chi connectivity index (χ3n) is 2.66. The molecule has 2 nitrogen and oxygen atoms in total. The van der Waals surface area contributed by atoms with Crippen LogP contribution in [0.3, 0.4) is 0 Å². The van der Waals surface area contributed by atoms with E-state index in [0.717, 1.165) is 6.42 Å². The second-order valence-corrected chi connectivity index (χ2v) is 3.99. The van der Waals surface area contributed by atoms with Crippen LogP contribution in [0.4, 0.5) is 0 Å². The Bertz CT molecular complexity index is 283. The molecule has 0 heterocycles. The van der Waals surface area contributed by atoms with E-state index in [0.29, 0.717) is 12.5 Å². The Morgan fingerprint density at radius 3 is 2.64 bits per heavy atom. The fourth-order valence-electron chi connectivity index (χ4n) is 1.65. The lowest BCUT2D eigenvalue weighted by atomic mass is 9.92. The predicted molar refractivity (Wildman–Crippen MR) is 60.9 cm³/mol. The Labute approximate surface area is 86.3 Å². The Morgan fingerprint density at radius 2 is 2.07 bits per heavy atom. The minimum Gasteiger partial charge on any atom is -0.330 e. The molecule has 2 heteroatoms. The molecule has 0 aliphatic heterocycles. The van der Waals surface area contributed by atoms with E-state index in [1.165, 1.54) is 11.1 Å². The highest BCUT2D eigenvalue weighted by Gasteiger charge is 2.13. The van der Waals surface area contributed by atoms with E-state index in [1.54, 1.807) is 0 Å². The van der Waals surface area contributed by atoms with Crippen molar-refractivity contribution in [2.75, 3.05) is 6.54 Å². The highest BCUT2D eigenvalue weighted by Crippen LogP contribution is 2.21. The van der Waals surface area contributed by atoms with E-state index in [1.807, 2.05) is 0 Å². The van der Waals surface area contributed by atoms with Gasteiger partial charge in [0.1, 0.15) is 0 Å². The van der Waals surface area contributed by atoms with Crippen LogP contribution < -0.4 is 11.5 Å². The molecule has 2 unspecified atom stereocenters. The van der Waals surface area contributed by atoms with Gasteiger partial charge in [-0.3, -0.25) is 0 Å². The highest BCUT2D eigenvalue weighted by atomic mass is 14.7. The van der Waals surface area contributed by atoms with Gasteiger partial charge in [0.15, 0.2) is 0 Å². The van der Waals surface area contributed by atoms with E-state index in [4.69, 9.17) is 11.5 Å². The summed E-state index contributed by atoms with van der Waals surface area (Å²) in [6, 6.07) is 8.49. The lowest BCUT2D eigenvalue weighted by Crippen LogP contribution is -2.21. The second-order valence-electron chi connectivity index (χ2n) is 3.99. The van der Waals surface area contributed by atoms with Crippen molar-refractivity contribution in [3.63, 3.8) is 0 Å². The second kappa shape index (κ2) is 5.13. The van der Waals surface area contributed by atoms with Gasteiger partial charge in [-0.25, -0.2) is 0 Å². The third kappa shape index (κ3) is 2.82. The molecule has 0 radical (unpaired) electrons. The average molecular weight is 192 g/mol. The summed E-state index contributed by atoms with van der Waals surface area (Å²) in [5.41, 5.74) is 14.1. The van der Waals surface area contributed by atoms with Gasteiger partial charge in [-0.1, -0.05) is 36.8 Å². The Hall–Kier alpha value is -0.860. The lowest BCUT2D eigenvalue weighted by molar-refractivity contribution is 0.444.